The third kappa shape index (κ3) is 4.74. The molecule has 0 aliphatic heterocycles. The van der Waals surface area contributed by atoms with E-state index >= 15 is 0 Å². The van der Waals surface area contributed by atoms with Crippen molar-refractivity contribution in [3.63, 3.8) is 0 Å². The van der Waals surface area contributed by atoms with Crippen LogP contribution in [0.3, 0.4) is 0 Å². The fourth-order valence-electron chi connectivity index (χ4n) is 1.19. The fourth-order valence-corrected chi connectivity index (χ4v) is 1.19. The molecule has 0 unspecified atom stereocenters. The van der Waals surface area contributed by atoms with Gasteiger partial charge in [-0.05, 0) is 18.2 Å². The van der Waals surface area contributed by atoms with Crippen LogP contribution in [0.25, 0.3) is 0 Å². The maximum Gasteiger partial charge on any atom is 0.573 e. The number of anilines is 1. The summed E-state index contributed by atoms with van der Waals surface area (Å²) in [6, 6.07) is 2.87. The highest BCUT2D eigenvalue weighted by atomic mass is 19.4. The molecule has 0 saturated carbocycles. The average Bonchev–Trinajstić information content (AvgIpc) is 2.26. The van der Waals surface area contributed by atoms with Crippen molar-refractivity contribution in [1.82, 2.24) is 5.32 Å². The van der Waals surface area contributed by atoms with Gasteiger partial charge in [0, 0.05) is 5.69 Å². The normalized spacial score (nSPS) is 10.9. The van der Waals surface area contributed by atoms with Crippen LogP contribution in [0.2, 0.25) is 0 Å². The van der Waals surface area contributed by atoms with Crippen molar-refractivity contribution in [2.75, 3.05) is 12.3 Å². The molecule has 9 heteroatoms. The number of hydrogen-bond acceptors (Lipinski definition) is 4. The van der Waals surface area contributed by atoms with E-state index in [1.54, 1.807) is 0 Å². The van der Waals surface area contributed by atoms with Gasteiger partial charge in [-0.3, -0.25) is 9.59 Å². The number of nitrogens with two attached hydrogens (primary N) is 2. The lowest BCUT2D eigenvalue weighted by Gasteiger charge is -2.11. The van der Waals surface area contributed by atoms with Gasteiger partial charge in [0.05, 0.1) is 12.1 Å². The summed E-state index contributed by atoms with van der Waals surface area (Å²) >= 11 is 0. The van der Waals surface area contributed by atoms with Crippen LogP contribution in [0.1, 0.15) is 10.4 Å². The summed E-state index contributed by atoms with van der Waals surface area (Å²) in [6.07, 6.45) is -4.88. The number of amides is 2. The molecule has 19 heavy (non-hydrogen) atoms. The zero-order valence-corrected chi connectivity index (χ0v) is 9.45. The second-order valence-electron chi connectivity index (χ2n) is 3.45. The van der Waals surface area contributed by atoms with Gasteiger partial charge in [-0.15, -0.1) is 13.2 Å². The number of benzene rings is 1. The Morgan fingerprint density at radius 3 is 2.47 bits per heavy atom. The lowest BCUT2D eigenvalue weighted by molar-refractivity contribution is -0.274. The minimum atomic E-state index is -4.88. The van der Waals surface area contributed by atoms with Crippen LogP contribution in [0.4, 0.5) is 18.9 Å². The molecule has 0 aliphatic rings. The molecule has 0 heterocycles. The molecule has 0 spiro atoms. The van der Waals surface area contributed by atoms with Gasteiger partial charge in [-0.2, -0.15) is 0 Å². The highest BCUT2D eigenvalue weighted by Crippen LogP contribution is 2.25. The second-order valence-corrected chi connectivity index (χ2v) is 3.45. The van der Waals surface area contributed by atoms with Gasteiger partial charge >= 0.3 is 6.36 Å². The van der Waals surface area contributed by atoms with E-state index in [-0.39, 0.29) is 11.3 Å². The largest absolute Gasteiger partial charge is 0.573 e. The molecular formula is C10H10F3N3O3. The zero-order valence-electron chi connectivity index (χ0n) is 9.45. The molecule has 1 rings (SSSR count). The topological polar surface area (TPSA) is 107 Å². The maximum absolute atomic E-state index is 12.0. The Morgan fingerprint density at radius 1 is 1.32 bits per heavy atom. The number of carbonyl (C=O) groups excluding carboxylic acids is 2. The van der Waals surface area contributed by atoms with E-state index in [1.807, 2.05) is 0 Å². The summed E-state index contributed by atoms with van der Waals surface area (Å²) in [4.78, 5) is 22.0. The van der Waals surface area contributed by atoms with E-state index in [0.717, 1.165) is 18.2 Å². The second kappa shape index (κ2) is 5.46. The molecule has 1 aromatic rings. The fraction of sp³-hybridized carbons (Fsp3) is 0.200. The van der Waals surface area contributed by atoms with Crippen molar-refractivity contribution in [3.05, 3.63) is 23.8 Å². The highest BCUT2D eigenvalue weighted by Gasteiger charge is 2.31. The van der Waals surface area contributed by atoms with Gasteiger partial charge in [0.1, 0.15) is 5.75 Å². The molecule has 0 fully saturated rings. The van der Waals surface area contributed by atoms with Gasteiger partial charge < -0.3 is 21.5 Å². The van der Waals surface area contributed by atoms with Crippen LogP contribution in [-0.2, 0) is 4.79 Å². The zero-order chi connectivity index (χ0) is 14.6. The Kier molecular flexibility index (Phi) is 4.20. The van der Waals surface area contributed by atoms with Crippen molar-refractivity contribution < 1.29 is 27.5 Å². The van der Waals surface area contributed by atoms with E-state index in [4.69, 9.17) is 11.5 Å². The summed E-state index contributed by atoms with van der Waals surface area (Å²) in [7, 11) is 0. The summed E-state index contributed by atoms with van der Waals surface area (Å²) in [5.41, 5.74) is 9.95. The summed E-state index contributed by atoms with van der Waals surface area (Å²) in [5, 5.41) is 2.10. The van der Waals surface area contributed by atoms with Crippen LogP contribution in [0.5, 0.6) is 5.75 Å². The van der Waals surface area contributed by atoms with E-state index in [0.29, 0.717) is 0 Å². The first-order valence-corrected chi connectivity index (χ1v) is 4.91. The van der Waals surface area contributed by atoms with Crippen LogP contribution < -0.4 is 21.5 Å². The number of nitrogens with one attached hydrogen (secondary N) is 1. The molecule has 0 aromatic heterocycles. The van der Waals surface area contributed by atoms with Crippen LogP contribution in [-0.4, -0.2) is 24.7 Å². The number of alkyl halides is 3. The SMILES string of the molecule is NC(=O)CNC(=O)c1cc(OC(F)(F)F)ccc1N. The number of primary amides is 1. The minimum Gasteiger partial charge on any atom is -0.406 e. The molecule has 2 amide bonds. The third-order valence-electron chi connectivity index (χ3n) is 1.93. The first-order chi connectivity index (χ1) is 8.69. The van der Waals surface area contributed by atoms with Gasteiger partial charge in [0.25, 0.3) is 5.91 Å². The predicted molar refractivity (Wildman–Crippen MR) is 59.1 cm³/mol. The van der Waals surface area contributed by atoms with Crippen LogP contribution in [0, 0.1) is 0 Å². The van der Waals surface area contributed by atoms with Gasteiger partial charge in [0.15, 0.2) is 0 Å². The van der Waals surface area contributed by atoms with E-state index in [1.165, 1.54) is 0 Å². The Hall–Kier alpha value is -2.45. The monoisotopic (exact) mass is 277 g/mol. The lowest BCUT2D eigenvalue weighted by Crippen LogP contribution is -2.33. The molecule has 0 saturated heterocycles. The van der Waals surface area contributed by atoms with Crippen LogP contribution >= 0.6 is 0 Å². The average molecular weight is 277 g/mol. The molecule has 5 N–H and O–H groups in total. The van der Waals surface area contributed by atoms with E-state index in [2.05, 4.69) is 10.1 Å². The highest BCUT2D eigenvalue weighted by molar-refractivity contribution is 6.00. The molecule has 0 bridgehead atoms. The molecular weight excluding hydrogens is 267 g/mol. The van der Waals surface area contributed by atoms with E-state index in [9.17, 15) is 22.8 Å². The van der Waals surface area contributed by atoms with Crippen LogP contribution in [0.15, 0.2) is 18.2 Å². The van der Waals surface area contributed by atoms with Crippen molar-refractivity contribution >= 4 is 17.5 Å². The van der Waals surface area contributed by atoms with E-state index < -0.39 is 30.5 Å². The number of nitrogen functional groups attached to an aromatic ring is 1. The molecule has 0 atom stereocenters. The Balaban J connectivity index is 2.91. The molecule has 0 radical (unpaired) electrons. The first-order valence-electron chi connectivity index (χ1n) is 4.91. The third-order valence-corrected chi connectivity index (χ3v) is 1.93. The van der Waals surface area contributed by atoms with Gasteiger partial charge in [-0.1, -0.05) is 0 Å². The number of halogens is 3. The quantitative estimate of drug-likeness (QED) is 0.691. The Bertz CT molecular complexity index is 503. The van der Waals surface area contributed by atoms with Crippen molar-refractivity contribution in [3.8, 4) is 5.75 Å². The lowest BCUT2D eigenvalue weighted by atomic mass is 10.1. The van der Waals surface area contributed by atoms with Crippen molar-refractivity contribution in [2.45, 2.75) is 6.36 Å². The smallest absolute Gasteiger partial charge is 0.406 e. The Labute approximate surface area is 105 Å². The number of hydrogen-bond donors (Lipinski definition) is 3. The molecule has 1 aromatic carbocycles. The van der Waals surface area contributed by atoms with Gasteiger partial charge in [0.2, 0.25) is 5.91 Å². The standard InChI is InChI=1S/C10H10F3N3O3/c11-10(12,13)19-5-1-2-7(14)6(3-5)9(18)16-4-8(15)17/h1-3H,4,14H2,(H2,15,17)(H,16,18). The summed E-state index contributed by atoms with van der Waals surface area (Å²) < 4.78 is 39.7. The number of rotatable bonds is 4. The minimum absolute atomic E-state index is 0.0588. The Morgan fingerprint density at radius 2 is 1.95 bits per heavy atom. The number of carbonyl (C=O) groups is 2. The number of ether oxygens (including phenoxy) is 1. The first kappa shape index (κ1) is 14.6. The van der Waals surface area contributed by atoms with Crippen molar-refractivity contribution in [2.24, 2.45) is 5.73 Å². The predicted octanol–water partition coefficient (Wildman–Crippen LogP) is 0.382. The molecule has 104 valence electrons. The molecule has 6 nitrogen and oxygen atoms in total. The maximum atomic E-state index is 12.0. The molecule has 0 aliphatic carbocycles. The van der Waals surface area contributed by atoms with Gasteiger partial charge in [-0.25, -0.2) is 0 Å². The summed E-state index contributed by atoms with van der Waals surface area (Å²) in [5.74, 6) is -2.22. The summed E-state index contributed by atoms with van der Waals surface area (Å²) in [6.45, 7) is -0.456. The van der Waals surface area contributed by atoms with Crippen molar-refractivity contribution in [1.29, 1.82) is 0 Å².